The summed E-state index contributed by atoms with van der Waals surface area (Å²) in [5, 5.41) is 3.24. The predicted molar refractivity (Wildman–Crippen MR) is 230 cm³/mol. The van der Waals surface area contributed by atoms with Gasteiger partial charge in [-0.2, -0.15) is 13.8 Å². The van der Waals surface area contributed by atoms with E-state index in [1.165, 1.54) is 24.9 Å². The third kappa shape index (κ3) is 13.7. The zero-order valence-corrected chi connectivity index (χ0v) is 38.8. The Kier molecular flexibility index (Phi) is 22.2. The van der Waals surface area contributed by atoms with Crippen LogP contribution >= 0.6 is 22.6 Å². The summed E-state index contributed by atoms with van der Waals surface area (Å²) in [4.78, 5) is 57.9. The first-order chi connectivity index (χ1) is 26.2. The van der Waals surface area contributed by atoms with Crippen molar-refractivity contribution in [2.45, 2.75) is 97.4 Å². The van der Waals surface area contributed by atoms with Crippen molar-refractivity contribution in [3.63, 3.8) is 0 Å². The Bertz CT molecular complexity index is 1770. The van der Waals surface area contributed by atoms with Gasteiger partial charge >= 0.3 is 48.5 Å². The third-order valence-electron chi connectivity index (χ3n) is 9.34. The molecule has 0 aromatic heterocycles. The molecule has 1 atom stereocenters. The molecule has 0 bridgehead atoms. The summed E-state index contributed by atoms with van der Waals surface area (Å²) in [6, 6.07) is 22.8. The summed E-state index contributed by atoms with van der Waals surface area (Å²) in [6.07, 6.45) is 7.28. The Morgan fingerprint density at radius 2 is 1.34 bits per heavy atom. The van der Waals surface area contributed by atoms with Crippen LogP contribution in [0.4, 0.5) is 4.79 Å². The molecule has 2 saturated heterocycles. The number of carbonyl (C=O) groups excluding carboxylic acids is 5. The first kappa shape index (κ1) is 53.0. The van der Waals surface area contributed by atoms with E-state index >= 15 is 0 Å². The molecule has 5 aliphatic rings. The molecule has 1 amide bonds. The van der Waals surface area contributed by atoms with Gasteiger partial charge in [0.25, 0.3) is 0 Å². The molecule has 8 rings (SSSR count). The molecule has 2 spiro atoms. The molecule has 1 N–H and O–H groups in total. The number of ether oxygens (including phenoxy) is 4. The van der Waals surface area contributed by atoms with Gasteiger partial charge in [-0.05, 0) is 99.9 Å². The number of halogens is 2. The zero-order chi connectivity index (χ0) is 40.2. The van der Waals surface area contributed by atoms with Crippen molar-refractivity contribution in [1.82, 2.24) is 10.2 Å². The average Bonchev–Trinajstić information content (AvgIpc) is 4.01. The van der Waals surface area contributed by atoms with E-state index in [1.807, 2.05) is 108 Å². The van der Waals surface area contributed by atoms with Crippen LogP contribution in [0, 0.1) is 9.99 Å². The van der Waals surface area contributed by atoms with Crippen molar-refractivity contribution in [2.75, 3.05) is 33.3 Å². The topological polar surface area (TPSA) is 138 Å². The number of Topliss-reactive ketones (excluding diaryl/α,β-unsaturated/α-hetero) is 1. The summed E-state index contributed by atoms with van der Waals surface area (Å²) in [6.45, 7) is 11.8. The van der Waals surface area contributed by atoms with Crippen LogP contribution in [0.5, 0.6) is 0 Å². The van der Waals surface area contributed by atoms with Crippen LogP contribution < -0.4 is 22.3 Å². The number of likely N-dealkylation sites (tertiary alicyclic amines) is 1. The fraction of sp³-hybridized carbons (Fsp3) is 0.455. The number of hydrogen-bond acceptors (Lipinski definition) is 10. The van der Waals surface area contributed by atoms with E-state index < -0.39 is 11.7 Å². The summed E-state index contributed by atoms with van der Waals surface area (Å²) in [5.41, 5.74) is 3.18. The van der Waals surface area contributed by atoms with Gasteiger partial charge in [-0.15, -0.1) is 0 Å². The molecule has 3 aromatic rings. The monoisotopic (exact) mass is 987 g/mol. The second-order valence-electron chi connectivity index (χ2n) is 14.7. The van der Waals surface area contributed by atoms with Crippen LogP contribution in [0.2, 0.25) is 0 Å². The molecule has 3 aromatic carbocycles. The molecule has 0 radical (unpaired) electrons. The van der Waals surface area contributed by atoms with Gasteiger partial charge in [-0.1, -0.05) is 56.0 Å². The van der Waals surface area contributed by atoms with E-state index in [1.54, 1.807) is 6.07 Å². The number of nitrogens with one attached hydrogen (secondary N) is 1. The molecule has 1 unspecified atom stereocenters. The van der Waals surface area contributed by atoms with Crippen molar-refractivity contribution < 1.29 is 61.3 Å². The molecule has 1 aliphatic carbocycles. The maximum Gasteiger partial charge on any atom is 2.00 e. The Balaban J connectivity index is 0.000000730. The van der Waals surface area contributed by atoms with Crippen LogP contribution in [0.1, 0.15) is 124 Å². The number of methoxy groups -OCH3 is 1. The van der Waals surface area contributed by atoms with Crippen molar-refractivity contribution in [1.29, 1.82) is 0 Å². The van der Waals surface area contributed by atoms with Gasteiger partial charge in [0.15, 0.2) is 11.4 Å². The standard InChI is InChI=1S/C12H12O2.C11H11NO2.C9H15NO3.C8H7IO2.C3H7.CH4.BrH.Mg/c13-11-9-5-1-2-6-10(9)12(14-11)7-3-4-8-12;13-10-8-3-1-2-4-9(8)11(14-10)5-6-12-7-11;1-9(2,3)13-8(12)10-5-4-7(11)6-10;1-11-8(10)6-4-2-3-5-7(6)9;1-3-2;;;/h1-2,5-6H,3-4,7-8H2;1-4,12H,5-7H2;4-6H2,1-3H3;2-5H,1H3;3H,1-2H3;1H4;1H;/q;;;;-1;;;+2. The summed E-state index contributed by atoms with van der Waals surface area (Å²) in [7, 11) is 1.38. The first-order valence-corrected chi connectivity index (χ1v) is 19.7. The van der Waals surface area contributed by atoms with Gasteiger partial charge in [-0.3, -0.25) is 4.79 Å². The minimum Gasteiger partial charge on any atom is -1.00 e. The number of amides is 1. The summed E-state index contributed by atoms with van der Waals surface area (Å²) < 4.78 is 21.6. The Hall–Kier alpha value is -3.05. The van der Waals surface area contributed by atoms with Gasteiger partial charge in [0.2, 0.25) is 0 Å². The molecule has 4 aliphatic heterocycles. The summed E-state index contributed by atoms with van der Waals surface area (Å²) >= 11 is 2.10. The maximum atomic E-state index is 11.6. The van der Waals surface area contributed by atoms with E-state index in [2.05, 4.69) is 32.6 Å². The molecular weight excluding hydrogens is 932 g/mol. The molecule has 58 heavy (non-hydrogen) atoms. The molecular formula is C44H57BrIMgN2O9+. The number of nitrogens with zero attached hydrogens (tertiary/aromatic N) is 1. The minimum absolute atomic E-state index is 0. The zero-order valence-electron chi connectivity index (χ0n) is 34.7. The van der Waals surface area contributed by atoms with E-state index in [0.717, 1.165) is 58.2 Å². The third-order valence-corrected chi connectivity index (χ3v) is 10.3. The van der Waals surface area contributed by atoms with Crippen molar-refractivity contribution in [2.24, 2.45) is 0 Å². The van der Waals surface area contributed by atoms with Crippen molar-refractivity contribution >= 4 is 75.4 Å². The second kappa shape index (κ2) is 24.3. The van der Waals surface area contributed by atoms with E-state index in [0.29, 0.717) is 18.5 Å². The van der Waals surface area contributed by atoms with Gasteiger partial charge in [0.1, 0.15) is 11.2 Å². The molecule has 14 heteroatoms. The molecule has 4 heterocycles. The Morgan fingerprint density at radius 3 is 1.81 bits per heavy atom. The summed E-state index contributed by atoms with van der Waals surface area (Å²) in [5.74, 6) is -0.493. The number of fused-ring (bicyclic) bond motifs is 4. The fourth-order valence-corrected chi connectivity index (χ4v) is 7.45. The Labute approximate surface area is 385 Å². The molecule has 312 valence electrons. The fourth-order valence-electron chi connectivity index (χ4n) is 6.84. The largest absolute Gasteiger partial charge is 2.00 e. The second-order valence-corrected chi connectivity index (χ2v) is 15.9. The number of esters is 3. The quantitative estimate of drug-likeness (QED) is 0.109. The van der Waals surface area contributed by atoms with E-state index in [-0.39, 0.29) is 90.3 Å². The number of benzene rings is 3. The van der Waals surface area contributed by atoms with Crippen LogP contribution in [0.3, 0.4) is 0 Å². The smallest absolute Gasteiger partial charge is 1.00 e. The SMILES string of the molecule is C.CC(C)(C)OC(=O)N1CCC(=O)C1.COC(=O)c1ccccc1I.C[CH-]C.O=C1OC2(CCCC2)c2ccccc21.O=C1OC2(CCNC2)c2ccccc21.[Br-].[H+].[Mg+2]. The van der Waals surface area contributed by atoms with Crippen LogP contribution in [0.15, 0.2) is 72.8 Å². The number of hydrogen-bond donors (Lipinski definition) is 1. The maximum absolute atomic E-state index is 11.6. The van der Waals surface area contributed by atoms with Crippen LogP contribution in [-0.2, 0) is 34.9 Å². The molecule has 3 fully saturated rings. The van der Waals surface area contributed by atoms with Gasteiger partial charge in [0, 0.05) is 40.6 Å². The normalized spacial score (nSPS) is 18.5. The van der Waals surface area contributed by atoms with Crippen LogP contribution in [-0.4, -0.2) is 96.6 Å². The van der Waals surface area contributed by atoms with Crippen molar-refractivity contribution in [3.8, 4) is 0 Å². The van der Waals surface area contributed by atoms with E-state index in [9.17, 15) is 24.0 Å². The Morgan fingerprint density at radius 1 is 0.845 bits per heavy atom. The van der Waals surface area contributed by atoms with Crippen molar-refractivity contribution in [3.05, 3.63) is 111 Å². The first-order valence-electron chi connectivity index (χ1n) is 18.6. The van der Waals surface area contributed by atoms with Gasteiger partial charge < -0.3 is 52.6 Å². The minimum atomic E-state index is -0.483. The predicted octanol–water partition coefficient (Wildman–Crippen LogP) is 5.55. The molecule has 11 nitrogen and oxygen atoms in total. The van der Waals surface area contributed by atoms with E-state index in [4.69, 9.17) is 14.2 Å². The number of ketones is 1. The van der Waals surface area contributed by atoms with Gasteiger partial charge in [-0.25, -0.2) is 19.2 Å². The number of carbonyl (C=O) groups is 5. The van der Waals surface area contributed by atoms with Crippen LogP contribution in [0.25, 0.3) is 0 Å². The number of rotatable bonds is 1. The molecule has 1 saturated carbocycles. The van der Waals surface area contributed by atoms with Gasteiger partial charge in [0.05, 0.1) is 30.3 Å². The average molecular weight is 989 g/mol.